The summed E-state index contributed by atoms with van der Waals surface area (Å²) >= 11 is 0. The van der Waals surface area contributed by atoms with E-state index < -0.39 is 5.76 Å². The molecule has 0 saturated heterocycles. The largest absolute Gasteiger partial charge is 0.439 e. The molecule has 0 radical (unpaired) electrons. The molecule has 0 fully saturated rings. The first kappa shape index (κ1) is 10.3. The Bertz CT molecular complexity index is 460. The van der Waals surface area contributed by atoms with Gasteiger partial charge in [0.15, 0.2) is 5.82 Å². The van der Waals surface area contributed by atoms with Crippen LogP contribution >= 0.6 is 12.4 Å². The van der Waals surface area contributed by atoms with Gasteiger partial charge in [-0.05, 0) is 24.3 Å². The summed E-state index contributed by atoms with van der Waals surface area (Å²) in [6.45, 7) is 0. The number of nitrogens with one attached hydrogen (secondary N) is 1. The zero-order valence-corrected chi connectivity index (χ0v) is 7.88. The van der Waals surface area contributed by atoms with Gasteiger partial charge in [0.25, 0.3) is 0 Å². The molecule has 2 aromatic rings. The van der Waals surface area contributed by atoms with E-state index in [4.69, 9.17) is 5.73 Å². The number of anilines is 1. The van der Waals surface area contributed by atoms with Gasteiger partial charge in [0.1, 0.15) is 0 Å². The summed E-state index contributed by atoms with van der Waals surface area (Å²) in [6.07, 6.45) is 0. The van der Waals surface area contributed by atoms with E-state index >= 15 is 0 Å². The average molecular weight is 214 g/mol. The van der Waals surface area contributed by atoms with Crippen molar-refractivity contribution in [3.05, 3.63) is 34.8 Å². The molecule has 74 valence electrons. The van der Waals surface area contributed by atoms with Gasteiger partial charge in [0.2, 0.25) is 0 Å². The van der Waals surface area contributed by atoms with E-state index in [1.165, 1.54) is 0 Å². The molecule has 0 saturated carbocycles. The fourth-order valence-corrected chi connectivity index (χ4v) is 0.995. The molecule has 3 N–H and O–H groups in total. The molecular formula is C8H8ClN3O2. The summed E-state index contributed by atoms with van der Waals surface area (Å²) in [4.78, 5) is 13.1. The van der Waals surface area contributed by atoms with Crippen molar-refractivity contribution < 1.29 is 4.52 Å². The molecule has 1 aromatic carbocycles. The Hall–Kier alpha value is -1.75. The Balaban J connectivity index is 0.000000980. The molecule has 0 amide bonds. The van der Waals surface area contributed by atoms with E-state index in [1.54, 1.807) is 24.3 Å². The van der Waals surface area contributed by atoms with E-state index in [0.717, 1.165) is 5.56 Å². The molecule has 6 heteroatoms. The summed E-state index contributed by atoms with van der Waals surface area (Å²) in [5.74, 6) is -0.156. The number of aromatic amines is 1. The van der Waals surface area contributed by atoms with Crippen LogP contribution in [-0.2, 0) is 0 Å². The van der Waals surface area contributed by atoms with Crippen molar-refractivity contribution >= 4 is 18.1 Å². The van der Waals surface area contributed by atoms with Gasteiger partial charge in [0.05, 0.1) is 0 Å². The summed E-state index contributed by atoms with van der Waals surface area (Å²) in [5.41, 5.74) is 6.92. The van der Waals surface area contributed by atoms with Crippen molar-refractivity contribution in [3.63, 3.8) is 0 Å². The lowest BCUT2D eigenvalue weighted by molar-refractivity contribution is 0.388. The molecule has 0 unspecified atom stereocenters. The third kappa shape index (κ3) is 1.94. The van der Waals surface area contributed by atoms with Crippen LogP contribution in [-0.4, -0.2) is 10.1 Å². The van der Waals surface area contributed by atoms with Crippen molar-refractivity contribution in [1.29, 1.82) is 0 Å². The standard InChI is InChI=1S/C8H7N3O2.ClH/c9-6-3-1-5(2-4-6)7-10-8(12)13-11-7;/h1-4H,9H2,(H,10,11,12);1H. The number of nitrogens with zero attached hydrogens (tertiary/aromatic N) is 1. The molecule has 0 aliphatic rings. The SMILES string of the molecule is Cl.Nc1ccc(-c2noc(=O)[nH]2)cc1. The first-order valence-electron chi connectivity index (χ1n) is 3.67. The maximum absolute atomic E-state index is 10.6. The molecule has 2 rings (SSSR count). The van der Waals surface area contributed by atoms with Crippen LogP contribution in [0.4, 0.5) is 5.69 Å². The second-order valence-corrected chi connectivity index (χ2v) is 2.57. The molecule has 0 bridgehead atoms. The number of benzene rings is 1. The normalized spacial score (nSPS) is 9.43. The maximum Gasteiger partial charge on any atom is 0.439 e. The monoisotopic (exact) mass is 213 g/mol. The van der Waals surface area contributed by atoms with E-state index in [-0.39, 0.29) is 12.4 Å². The third-order valence-electron chi connectivity index (χ3n) is 1.62. The fourth-order valence-electron chi connectivity index (χ4n) is 0.995. The van der Waals surface area contributed by atoms with Gasteiger partial charge >= 0.3 is 5.76 Å². The quantitative estimate of drug-likeness (QED) is 0.693. The molecule has 0 spiro atoms. The Morgan fingerprint density at radius 2 is 1.93 bits per heavy atom. The minimum absolute atomic E-state index is 0. The number of rotatable bonds is 1. The second-order valence-electron chi connectivity index (χ2n) is 2.57. The summed E-state index contributed by atoms with van der Waals surface area (Å²) in [6, 6.07) is 6.96. The molecule has 5 nitrogen and oxygen atoms in total. The van der Waals surface area contributed by atoms with Crippen LogP contribution in [0.15, 0.2) is 33.6 Å². The number of halogens is 1. The van der Waals surface area contributed by atoms with Crippen molar-refractivity contribution in [2.24, 2.45) is 0 Å². The van der Waals surface area contributed by atoms with E-state index in [9.17, 15) is 4.79 Å². The highest BCUT2D eigenvalue weighted by Crippen LogP contribution is 2.14. The molecule has 0 aliphatic heterocycles. The van der Waals surface area contributed by atoms with Gasteiger partial charge in [-0.1, -0.05) is 5.16 Å². The van der Waals surface area contributed by atoms with Gasteiger partial charge in [-0.3, -0.25) is 9.51 Å². The highest BCUT2D eigenvalue weighted by molar-refractivity contribution is 5.85. The highest BCUT2D eigenvalue weighted by Gasteiger charge is 2.02. The fraction of sp³-hybridized carbons (Fsp3) is 0. The number of hydrogen-bond donors (Lipinski definition) is 2. The summed E-state index contributed by atoms with van der Waals surface area (Å²) in [7, 11) is 0. The lowest BCUT2D eigenvalue weighted by Crippen LogP contribution is -1.94. The third-order valence-corrected chi connectivity index (χ3v) is 1.62. The van der Waals surface area contributed by atoms with Crippen LogP contribution in [0.25, 0.3) is 11.4 Å². The first-order chi connectivity index (χ1) is 6.25. The predicted molar refractivity (Wildman–Crippen MR) is 54.2 cm³/mol. The zero-order chi connectivity index (χ0) is 9.26. The number of nitrogen functional groups attached to an aromatic ring is 1. The summed E-state index contributed by atoms with van der Waals surface area (Å²) in [5, 5.41) is 3.53. The smallest absolute Gasteiger partial charge is 0.399 e. The lowest BCUT2D eigenvalue weighted by Gasteiger charge is -1.94. The molecule has 0 atom stereocenters. The van der Waals surface area contributed by atoms with E-state index in [2.05, 4.69) is 14.7 Å². The molecule has 1 aromatic heterocycles. The Morgan fingerprint density at radius 1 is 1.29 bits per heavy atom. The second kappa shape index (κ2) is 3.97. The molecular weight excluding hydrogens is 206 g/mol. The van der Waals surface area contributed by atoms with Crippen LogP contribution in [0.2, 0.25) is 0 Å². The van der Waals surface area contributed by atoms with Crippen molar-refractivity contribution in [1.82, 2.24) is 10.1 Å². The van der Waals surface area contributed by atoms with Crippen molar-refractivity contribution in [2.75, 3.05) is 5.73 Å². The average Bonchev–Trinajstić information content (AvgIpc) is 2.53. The molecule has 1 heterocycles. The number of aromatic nitrogens is 2. The van der Waals surface area contributed by atoms with E-state index in [1.807, 2.05) is 0 Å². The van der Waals surface area contributed by atoms with Gasteiger partial charge in [-0.25, -0.2) is 4.79 Å². The Labute approximate surface area is 85.3 Å². The minimum atomic E-state index is -0.563. The van der Waals surface area contributed by atoms with Crippen LogP contribution in [0.1, 0.15) is 0 Å². The van der Waals surface area contributed by atoms with Crippen LogP contribution in [0.5, 0.6) is 0 Å². The van der Waals surface area contributed by atoms with Crippen molar-refractivity contribution in [2.45, 2.75) is 0 Å². The van der Waals surface area contributed by atoms with Crippen molar-refractivity contribution in [3.8, 4) is 11.4 Å². The zero-order valence-electron chi connectivity index (χ0n) is 7.06. The van der Waals surface area contributed by atoms with Gasteiger partial charge in [0, 0.05) is 11.3 Å². The van der Waals surface area contributed by atoms with E-state index in [0.29, 0.717) is 11.5 Å². The topological polar surface area (TPSA) is 84.9 Å². The number of nitrogens with two attached hydrogens (primary N) is 1. The minimum Gasteiger partial charge on any atom is -0.399 e. The highest BCUT2D eigenvalue weighted by atomic mass is 35.5. The van der Waals surface area contributed by atoms with Crippen LogP contribution in [0, 0.1) is 0 Å². The molecule has 0 aliphatic carbocycles. The van der Waals surface area contributed by atoms with Crippen LogP contribution in [0.3, 0.4) is 0 Å². The number of H-pyrrole nitrogens is 1. The number of hydrogen-bond acceptors (Lipinski definition) is 4. The van der Waals surface area contributed by atoms with Gasteiger partial charge < -0.3 is 5.73 Å². The Morgan fingerprint density at radius 3 is 2.43 bits per heavy atom. The molecule has 14 heavy (non-hydrogen) atoms. The maximum atomic E-state index is 10.6. The predicted octanol–water partition coefficient (Wildman–Crippen LogP) is 1.03. The Kier molecular flexibility index (Phi) is 2.93. The first-order valence-corrected chi connectivity index (χ1v) is 3.67. The summed E-state index contributed by atoms with van der Waals surface area (Å²) < 4.78 is 4.36. The van der Waals surface area contributed by atoms with Gasteiger partial charge in [-0.15, -0.1) is 12.4 Å². The lowest BCUT2D eigenvalue weighted by atomic mass is 10.2. The van der Waals surface area contributed by atoms with Crippen LogP contribution < -0.4 is 11.5 Å². The van der Waals surface area contributed by atoms with Gasteiger partial charge in [-0.2, -0.15) is 0 Å².